The maximum Gasteiger partial charge on any atom is 0.317 e. The second-order valence-electron chi connectivity index (χ2n) is 7.12. The van der Waals surface area contributed by atoms with Crippen molar-refractivity contribution in [3.63, 3.8) is 0 Å². The smallest absolute Gasteiger partial charge is 0.317 e. The number of piperazine rings is 1. The SMILES string of the molecule is CC(C)(CCC(=O)N1CCN2C(=O)NC[C@H]2C1)c1ccccc1. The van der Waals surface area contributed by atoms with Gasteiger partial charge in [-0.15, -0.1) is 0 Å². The van der Waals surface area contributed by atoms with Gasteiger partial charge in [0.1, 0.15) is 0 Å². The first-order valence-electron chi connectivity index (χ1n) is 8.35. The topological polar surface area (TPSA) is 52.7 Å². The van der Waals surface area contributed by atoms with Crippen LogP contribution in [0.15, 0.2) is 30.3 Å². The minimum atomic E-state index is -0.0103. The molecule has 2 heterocycles. The molecule has 124 valence electrons. The Hall–Kier alpha value is -2.04. The number of fused-ring (bicyclic) bond motifs is 1. The third-order valence-corrected chi connectivity index (χ3v) is 5.10. The predicted molar refractivity (Wildman–Crippen MR) is 89.2 cm³/mol. The van der Waals surface area contributed by atoms with E-state index in [-0.39, 0.29) is 23.4 Å². The van der Waals surface area contributed by atoms with Crippen molar-refractivity contribution in [1.82, 2.24) is 15.1 Å². The second-order valence-corrected chi connectivity index (χ2v) is 7.12. The van der Waals surface area contributed by atoms with Crippen molar-refractivity contribution >= 4 is 11.9 Å². The lowest BCUT2D eigenvalue weighted by atomic mass is 9.80. The molecule has 1 N–H and O–H groups in total. The van der Waals surface area contributed by atoms with E-state index in [1.807, 2.05) is 28.0 Å². The van der Waals surface area contributed by atoms with E-state index in [4.69, 9.17) is 0 Å². The fourth-order valence-electron chi connectivity index (χ4n) is 3.44. The minimum Gasteiger partial charge on any atom is -0.339 e. The molecular formula is C18H25N3O2. The van der Waals surface area contributed by atoms with Gasteiger partial charge in [-0.05, 0) is 17.4 Å². The van der Waals surface area contributed by atoms with Crippen LogP contribution in [-0.2, 0) is 10.2 Å². The lowest BCUT2D eigenvalue weighted by Crippen LogP contribution is -2.53. The van der Waals surface area contributed by atoms with E-state index in [0.29, 0.717) is 32.6 Å². The number of hydrogen-bond donors (Lipinski definition) is 1. The van der Waals surface area contributed by atoms with Crippen molar-refractivity contribution in [3.8, 4) is 0 Å². The molecule has 0 bridgehead atoms. The number of nitrogens with one attached hydrogen (secondary N) is 1. The summed E-state index contributed by atoms with van der Waals surface area (Å²) in [6, 6.07) is 10.5. The van der Waals surface area contributed by atoms with Crippen molar-refractivity contribution in [1.29, 1.82) is 0 Å². The first-order valence-corrected chi connectivity index (χ1v) is 8.35. The summed E-state index contributed by atoms with van der Waals surface area (Å²) < 4.78 is 0. The van der Waals surface area contributed by atoms with Gasteiger partial charge < -0.3 is 15.1 Å². The predicted octanol–water partition coefficient (Wildman–Crippen LogP) is 1.98. The van der Waals surface area contributed by atoms with Crippen molar-refractivity contribution in [3.05, 3.63) is 35.9 Å². The maximum absolute atomic E-state index is 12.5. The Morgan fingerprint density at radius 3 is 2.74 bits per heavy atom. The Bertz CT molecular complexity index is 585. The number of hydrogen-bond acceptors (Lipinski definition) is 2. The van der Waals surface area contributed by atoms with Gasteiger partial charge in [-0.2, -0.15) is 0 Å². The van der Waals surface area contributed by atoms with Gasteiger partial charge in [0.25, 0.3) is 0 Å². The normalized spacial score (nSPS) is 21.1. The summed E-state index contributed by atoms with van der Waals surface area (Å²) in [5, 5.41) is 2.85. The van der Waals surface area contributed by atoms with E-state index in [0.717, 1.165) is 6.42 Å². The lowest BCUT2D eigenvalue weighted by molar-refractivity contribution is -0.133. The van der Waals surface area contributed by atoms with E-state index < -0.39 is 0 Å². The number of rotatable bonds is 4. The quantitative estimate of drug-likeness (QED) is 0.924. The van der Waals surface area contributed by atoms with Gasteiger partial charge in [0.2, 0.25) is 5.91 Å². The maximum atomic E-state index is 12.5. The third kappa shape index (κ3) is 3.33. The number of nitrogens with zero attached hydrogens (tertiary/aromatic N) is 2. The molecular weight excluding hydrogens is 290 g/mol. The molecule has 0 spiro atoms. The van der Waals surface area contributed by atoms with E-state index in [1.165, 1.54) is 5.56 Å². The first kappa shape index (κ1) is 15.8. The summed E-state index contributed by atoms with van der Waals surface area (Å²) in [6.45, 7) is 6.97. The van der Waals surface area contributed by atoms with Crippen LogP contribution >= 0.6 is 0 Å². The molecule has 2 saturated heterocycles. The molecule has 1 aromatic carbocycles. The number of amides is 3. The zero-order valence-corrected chi connectivity index (χ0v) is 13.9. The van der Waals surface area contributed by atoms with Crippen molar-refractivity contribution in [2.75, 3.05) is 26.2 Å². The van der Waals surface area contributed by atoms with Gasteiger partial charge in [0.05, 0.1) is 6.04 Å². The Morgan fingerprint density at radius 1 is 1.26 bits per heavy atom. The highest BCUT2D eigenvalue weighted by atomic mass is 16.2. The highest BCUT2D eigenvalue weighted by Crippen LogP contribution is 2.28. The highest BCUT2D eigenvalue weighted by Gasteiger charge is 2.37. The van der Waals surface area contributed by atoms with Crippen LogP contribution in [0.5, 0.6) is 0 Å². The van der Waals surface area contributed by atoms with Gasteiger partial charge in [-0.1, -0.05) is 44.2 Å². The standard InChI is InChI=1S/C18H25N3O2/c1-18(2,14-6-4-3-5-7-14)9-8-16(22)20-10-11-21-15(13-20)12-19-17(21)23/h3-7,15H,8-13H2,1-2H3,(H,19,23)/t15-/m0/s1. The van der Waals surface area contributed by atoms with Crippen LogP contribution in [0.25, 0.3) is 0 Å². The molecule has 2 aliphatic heterocycles. The molecule has 3 rings (SSSR count). The summed E-state index contributed by atoms with van der Waals surface area (Å²) >= 11 is 0. The molecule has 23 heavy (non-hydrogen) atoms. The van der Waals surface area contributed by atoms with Gasteiger partial charge in [0, 0.05) is 32.6 Å². The van der Waals surface area contributed by atoms with Crippen LogP contribution in [0.1, 0.15) is 32.3 Å². The Balaban J connectivity index is 1.55. The third-order valence-electron chi connectivity index (χ3n) is 5.10. The van der Waals surface area contributed by atoms with Gasteiger partial charge in [-0.25, -0.2) is 4.79 Å². The van der Waals surface area contributed by atoms with Crippen LogP contribution in [0.4, 0.5) is 4.79 Å². The molecule has 0 radical (unpaired) electrons. The van der Waals surface area contributed by atoms with Gasteiger partial charge >= 0.3 is 6.03 Å². The summed E-state index contributed by atoms with van der Waals surface area (Å²) in [6.07, 6.45) is 1.38. The minimum absolute atomic E-state index is 0.00677. The van der Waals surface area contributed by atoms with Crippen molar-refractivity contribution in [2.24, 2.45) is 0 Å². The summed E-state index contributed by atoms with van der Waals surface area (Å²) in [7, 11) is 0. The molecule has 0 aliphatic carbocycles. The second kappa shape index (κ2) is 6.22. The molecule has 2 fully saturated rings. The average Bonchev–Trinajstić information content (AvgIpc) is 2.94. The largest absolute Gasteiger partial charge is 0.339 e. The first-order chi connectivity index (χ1) is 11.0. The molecule has 0 unspecified atom stereocenters. The zero-order valence-electron chi connectivity index (χ0n) is 13.9. The van der Waals surface area contributed by atoms with Crippen molar-refractivity contribution < 1.29 is 9.59 Å². The van der Waals surface area contributed by atoms with Crippen LogP contribution in [0.3, 0.4) is 0 Å². The van der Waals surface area contributed by atoms with Crippen molar-refractivity contribution in [2.45, 2.75) is 38.1 Å². The van der Waals surface area contributed by atoms with E-state index >= 15 is 0 Å². The summed E-state index contributed by atoms with van der Waals surface area (Å²) in [4.78, 5) is 27.9. The fourth-order valence-corrected chi connectivity index (χ4v) is 3.44. The van der Waals surface area contributed by atoms with Crippen LogP contribution < -0.4 is 5.32 Å². The number of benzene rings is 1. The molecule has 2 aliphatic rings. The van der Waals surface area contributed by atoms with Crippen LogP contribution in [0, 0.1) is 0 Å². The van der Waals surface area contributed by atoms with Gasteiger partial charge in [0.15, 0.2) is 0 Å². The molecule has 5 nitrogen and oxygen atoms in total. The van der Waals surface area contributed by atoms with Crippen LogP contribution in [-0.4, -0.2) is 54.0 Å². The average molecular weight is 315 g/mol. The molecule has 0 saturated carbocycles. The van der Waals surface area contributed by atoms with E-state index in [1.54, 1.807) is 0 Å². The number of carbonyl (C=O) groups excluding carboxylic acids is 2. The number of carbonyl (C=O) groups is 2. The molecule has 3 amide bonds. The molecule has 5 heteroatoms. The van der Waals surface area contributed by atoms with E-state index in [2.05, 4.69) is 31.3 Å². The Labute approximate surface area is 137 Å². The molecule has 1 atom stereocenters. The Morgan fingerprint density at radius 2 is 2.00 bits per heavy atom. The molecule has 0 aromatic heterocycles. The lowest BCUT2D eigenvalue weighted by Gasteiger charge is -2.37. The fraction of sp³-hybridized carbons (Fsp3) is 0.556. The van der Waals surface area contributed by atoms with Crippen LogP contribution in [0.2, 0.25) is 0 Å². The molecule has 1 aromatic rings. The van der Waals surface area contributed by atoms with E-state index in [9.17, 15) is 9.59 Å². The zero-order chi connectivity index (χ0) is 16.4. The monoisotopic (exact) mass is 315 g/mol. The summed E-state index contributed by atoms with van der Waals surface area (Å²) in [5.74, 6) is 0.202. The number of urea groups is 1. The Kier molecular flexibility index (Phi) is 4.28. The highest BCUT2D eigenvalue weighted by molar-refractivity contribution is 5.79. The summed E-state index contributed by atoms with van der Waals surface area (Å²) in [5.41, 5.74) is 1.26. The van der Waals surface area contributed by atoms with Gasteiger partial charge in [-0.3, -0.25) is 4.79 Å².